The van der Waals surface area contributed by atoms with Crippen LogP contribution >= 0.6 is 0 Å². The quantitative estimate of drug-likeness (QED) is 0.734. The van der Waals surface area contributed by atoms with Crippen molar-refractivity contribution in [3.8, 4) is 0 Å². The molecule has 4 aliphatic carbocycles. The van der Waals surface area contributed by atoms with Gasteiger partial charge in [0, 0.05) is 24.2 Å². The molecule has 0 heterocycles. The molecule has 0 spiro atoms. The zero-order valence-electron chi connectivity index (χ0n) is 17.4. The van der Waals surface area contributed by atoms with Crippen LogP contribution in [0.3, 0.4) is 0 Å². The van der Waals surface area contributed by atoms with Gasteiger partial charge in [0.1, 0.15) is 0 Å². The van der Waals surface area contributed by atoms with E-state index < -0.39 is 11.7 Å². The van der Waals surface area contributed by atoms with Crippen LogP contribution in [0.4, 0.5) is 0 Å². The molecule has 0 aliphatic heterocycles. The first-order valence-electron chi connectivity index (χ1n) is 10.7. The number of carbonyl (C=O) groups is 3. The number of ether oxygens (including phenoxy) is 1. The van der Waals surface area contributed by atoms with Gasteiger partial charge in [0.05, 0.1) is 6.10 Å². The number of esters is 1. The smallest absolute Gasteiger partial charge is 0.303 e. The van der Waals surface area contributed by atoms with Crippen LogP contribution in [0.1, 0.15) is 72.6 Å². The summed E-state index contributed by atoms with van der Waals surface area (Å²) in [4.78, 5) is 36.6. The molecule has 0 aromatic heterocycles. The number of ketones is 2. The van der Waals surface area contributed by atoms with Crippen molar-refractivity contribution in [3.63, 3.8) is 0 Å². The maximum Gasteiger partial charge on any atom is 0.303 e. The van der Waals surface area contributed by atoms with Crippen molar-refractivity contribution in [2.45, 2.75) is 84.3 Å². The minimum Gasteiger partial charge on any atom is -0.451 e. The lowest BCUT2D eigenvalue weighted by molar-refractivity contribution is -0.189. The number of aliphatic hydroxyl groups excluding tert-OH is 1. The lowest BCUT2D eigenvalue weighted by atomic mass is 9.45. The average molecular weight is 389 g/mol. The Bertz CT molecular complexity index is 769. The molecule has 0 saturated heterocycles. The third kappa shape index (κ3) is 2.38. The largest absolute Gasteiger partial charge is 0.451 e. The molecular weight excluding hydrogens is 356 g/mol. The minimum atomic E-state index is -1.02. The van der Waals surface area contributed by atoms with Crippen LogP contribution < -0.4 is 0 Å². The van der Waals surface area contributed by atoms with E-state index in [2.05, 4.69) is 13.8 Å². The molecule has 3 fully saturated rings. The number of fused-ring (bicyclic) bond motifs is 5. The summed E-state index contributed by atoms with van der Waals surface area (Å²) in [5, 5.41) is 10.9. The average Bonchev–Trinajstić information content (AvgIpc) is 2.89. The van der Waals surface area contributed by atoms with Gasteiger partial charge in [-0.25, -0.2) is 0 Å². The number of aliphatic hydroxyl groups is 1. The highest BCUT2D eigenvalue weighted by molar-refractivity contribution is 5.92. The Morgan fingerprint density at radius 2 is 1.79 bits per heavy atom. The maximum absolute atomic E-state index is 12.7. The van der Waals surface area contributed by atoms with Crippen LogP contribution in [0.5, 0.6) is 0 Å². The second kappa shape index (κ2) is 6.25. The second-order valence-electron chi connectivity index (χ2n) is 10.0. The summed E-state index contributed by atoms with van der Waals surface area (Å²) in [6.45, 7) is 7.22. The number of hydrogen-bond donors (Lipinski definition) is 1. The standard InChI is InChI=1S/C23H32O5/c1-13(24)23(28-14(2)25)10-8-18-17-6-5-15-11-16(26)12-20(27)22(15,4)19(17)7-9-21(18,23)3/h11,17-20,27H,5-10,12H2,1-4H3/t17-,18-,19-,20?,21-,22-,23-/m0/s1. The van der Waals surface area contributed by atoms with Gasteiger partial charge in [-0.15, -0.1) is 0 Å². The predicted molar refractivity (Wildman–Crippen MR) is 103 cm³/mol. The molecule has 1 N–H and O–H groups in total. The minimum absolute atomic E-state index is 0.0328. The fourth-order valence-electron chi connectivity index (χ4n) is 7.67. The van der Waals surface area contributed by atoms with Crippen LogP contribution in [0.15, 0.2) is 11.6 Å². The summed E-state index contributed by atoms with van der Waals surface area (Å²) < 4.78 is 5.79. The Kier molecular flexibility index (Phi) is 4.42. The van der Waals surface area contributed by atoms with Gasteiger partial charge in [0.25, 0.3) is 0 Å². The summed E-state index contributed by atoms with van der Waals surface area (Å²) in [6.07, 6.45) is 6.29. The maximum atomic E-state index is 12.7. The molecule has 3 saturated carbocycles. The zero-order chi connectivity index (χ0) is 20.5. The van der Waals surface area contributed by atoms with Gasteiger partial charge in [-0.3, -0.25) is 14.4 Å². The van der Waals surface area contributed by atoms with Crippen molar-refractivity contribution in [1.82, 2.24) is 0 Å². The molecule has 4 aliphatic rings. The SMILES string of the molecule is CC(=O)O[C@]1(C(C)=O)CC[C@H]2[C@@H]3CCC4=CC(=O)CC(O)[C@]4(C)[C@H]3CC[C@@]21C. The van der Waals surface area contributed by atoms with Gasteiger partial charge in [-0.1, -0.05) is 19.4 Å². The molecule has 7 atom stereocenters. The topological polar surface area (TPSA) is 80.7 Å². The van der Waals surface area contributed by atoms with Gasteiger partial charge in [-0.2, -0.15) is 0 Å². The molecule has 5 nitrogen and oxygen atoms in total. The molecule has 0 radical (unpaired) electrons. The Morgan fingerprint density at radius 3 is 2.43 bits per heavy atom. The summed E-state index contributed by atoms with van der Waals surface area (Å²) in [5.74, 6) is 0.565. The van der Waals surface area contributed by atoms with Crippen molar-refractivity contribution < 1.29 is 24.2 Å². The third-order valence-electron chi connectivity index (χ3n) is 9.07. The van der Waals surface area contributed by atoms with Crippen LogP contribution in [0.2, 0.25) is 0 Å². The predicted octanol–water partition coefficient (Wildman–Crippen LogP) is 3.38. The van der Waals surface area contributed by atoms with Crippen molar-refractivity contribution >= 4 is 17.5 Å². The molecule has 4 rings (SSSR count). The van der Waals surface area contributed by atoms with Gasteiger partial charge in [0.2, 0.25) is 0 Å². The van der Waals surface area contributed by atoms with Crippen LogP contribution in [0, 0.1) is 28.6 Å². The molecule has 0 bridgehead atoms. The van der Waals surface area contributed by atoms with Crippen LogP contribution in [0.25, 0.3) is 0 Å². The van der Waals surface area contributed by atoms with E-state index in [1.54, 1.807) is 13.0 Å². The van der Waals surface area contributed by atoms with E-state index in [-0.39, 0.29) is 40.7 Å². The normalized spacial score (nSPS) is 47.5. The first-order chi connectivity index (χ1) is 13.1. The summed E-state index contributed by atoms with van der Waals surface area (Å²) in [6, 6.07) is 0. The van der Waals surface area contributed by atoms with Gasteiger partial charge in [0.15, 0.2) is 17.2 Å². The highest BCUT2D eigenvalue weighted by atomic mass is 16.6. The first-order valence-corrected chi connectivity index (χ1v) is 10.7. The second-order valence-corrected chi connectivity index (χ2v) is 10.0. The third-order valence-corrected chi connectivity index (χ3v) is 9.07. The molecule has 0 aromatic carbocycles. The Morgan fingerprint density at radius 1 is 1.11 bits per heavy atom. The fraction of sp³-hybridized carbons (Fsp3) is 0.783. The van der Waals surface area contributed by atoms with E-state index in [0.29, 0.717) is 18.3 Å². The highest BCUT2D eigenvalue weighted by Gasteiger charge is 2.68. The Hall–Kier alpha value is -1.49. The van der Waals surface area contributed by atoms with Crippen molar-refractivity contribution in [2.24, 2.45) is 28.6 Å². The number of Topliss-reactive ketones (excluding diaryl/α,β-unsaturated/α-hetero) is 1. The Balaban J connectivity index is 1.72. The van der Waals surface area contributed by atoms with Gasteiger partial charge in [-0.05, 0) is 69.3 Å². The Labute approximate surface area is 166 Å². The van der Waals surface area contributed by atoms with Crippen LogP contribution in [-0.4, -0.2) is 34.3 Å². The van der Waals surface area contributed by atoms with Crippen molar-refractivity contribution in [1.29, 1.82) is 0 Å². The first kappa shape index (κ1) is 19.8. The van der Waals surface area contributed by atoms with E-state index in [1.807, 2.05) is 0 Å². The molecular formula is C23H32O5. The zero-order valence-corrected chi connectivity index (χ0v) is 17.4. The van der Waals surface area contributed by atoms with E-state index in [0.717, 1.165) is 37.7 Å². The molecule has 0 amide bonds. The molecule has 154 valence electrons. The van der Waals surface area contributed by atoms with Gasteiger partial charge >= 0.3 is 5.97 Å². The van der Waals surface area contributed by atoms with Gasteiger partial charge < -0.3 is 9.84 Å². The van der Waals surface area contributed by atoms with E-state index >= 15 is 0 Å². The summed E-state index contributed by atoms with van der Waals surface area (Å²) in [5.41, 5.74) is -0.635. The van der Waals surface area contributed by atoms with Crippen molar-refractivity contribution in [2.75, 3.05) is 0 Å². The van der Waals surface area contributed by atoms with Crippen molar-refractivity contribution in [3.05, 3.63) is 11.6 Å². The fourth-order valence-corrected chi connectivity index (χ4v) is 7.67. The number of carbonyl (C=O) groups excluding carboxylic acids is 3. The summed E-state index contributed by atoms with van der Waals surface area (Å²) in [7, 11) is 0. The monoisotopic (exact) mass is 388 g/mol. The van der Waals surface area contributed by atoms with E-state index in [9.17, 15) is 19.5 Å². The molecule has 5 heteroatoms. The summed E-state index contributed by atoms with van der Waals surface area (Å²) >= 11 is 0. The molecule has 1 unspecified atom stereocenters. The number of hydrogen-bond acceptors (Lipinski definition) is 5. The van der Waals surface area contributed by atoms with Crippen LogP contribution in [-0.2, 0) is 19.1 Å². The molecule has 28 heavy (non-hydrogen) atoms. The highest BCUT2D eigenvalue weighted by Crippen LogP contribution is 2.68. The van der Waals surface area contributed by atoms with E-state index in [1.165, 1.54) is 6.92 Å². The molecule has 0 aromatic rings. The number of rotatable bonds is 2. The van der Waals surface area contributed by atoms with E-state index in [4.69, 9.17) is 4.74 Å². The lowest BCUT2D eigenvalue weighted by Crippen LogP contribution is -2.60. The lowest BCUT2D eigenvalue weighted by Gasteiger charge is -2.60.